The van der Waals surface area contributed by atoms with E-state index >= 15 is 0 Å². The topological polar surface area (TPSA) is 61.4 Å². The molecule has 4 nitrogen and oxygen atoms in total. The second-order valence-corrected chi connectivity index (χ2v) is 5.01. The summed E-state index contributed by atoms with van der Waals surface area (Å²) in [4.78, 5) is 11.4. The summed E-state index contributed by atoms with van der Waals surface area (Å²) in [5.41, 5.74) is -0.125. The molecular formula is C14H20F2N2O2. The van der Waals surface area contributed by atoms with Crippen LogP contribution in [0.25, 0.3) is 0 Å². The molecule has 112 valence electrons. The Morgan fingerprint density at radius 1 is 1.30 bits per heavy atom. The molecule has 0 aromatic heterocycles. The largest absolute Gasteiger partial charge is 0.387 e. The van der Waals surface area contributed by atoms with Crippen molar-refractivity contribution >= 4 is 5.91 Å². The number of amides is 1. The van der Waals surface area contributed by atoms with E-state index in [2.05, 4.69) is 10.6 Å². The SMILES string of the molecule is CC(C)CNC(=O)CNCC(O)c1cc(F)ccc1F. The lowest BCUT2D eigenvalue weighted by atomic mass is 10.1. The van der Waals surface area contributed by atoms with Crippen molar-refractivity contribution in [2.24, 2.45) is 5.92 Å². The molecule has 1 aromatic rings. The van der Waals surface area contributed by atoms with Crippen molar-refractivity contribution in [3.63, 3.8) is 0 Å². The summed E-state index contributed by atoms with van der Waals surface area (Å²) in [5, 5.41) is 15.2. The van der Waals surface area contributed by atoms with Crippen LogP contribution in [0, 0.1) is 17.6 Å². The van der Waals surface area contributed by atoms with Gasteiger partial charge < -0.3 is 15.7 Å². The zero-order chi connectivity index (χ0) is 15.1. The fraction of sp³-hybridized carbons (Fsp3) is 0.500. The van der Waals surface area contributed by atoms with Crippen molar-refractivity contribution in [1.82, 2.24) is 10.6 Å². The van der Waals surface area contributed by atoms with Gasteiger partial charge in [0.25, 0.3) is 0 Å². The van der Waals surface area contributed by atoms with E-state index in [1.54, 1.807) is 0 Å². The van der Waals surface area contributed by atoms with Gasteiger partial charge in [0.1, 0.15) is 11.6 Å². The lowest BCUT2D eigenvalue weighted by Gasteiger charge is -2.13. The minimum absolute atomic E-state index is 0.0146. The van der Waals surface area contributed by atoms with E-state index in [0.29, 0.717) is 12.5 Å². The third-order valence-corrected chi connectivity index (χ3v) is 2.65. The van der Waals surface area contributed by atoms with Crippen LogP contribution in [-0.4, -0.2) is 30.6 Å². The Bertz CT molecular complexity index is 453. The van der Waals surface area contributed by atoms with Gasteiger partial charge in [0.15, 0.2) is 0 Å². The average Bonchev–Trinajstić information content (AvgIpc) is 2.39. The Morgan fingerprint density at radius 2 is 2.00 bits per heavy atom. The number of nitrogens with one attached hydrogen (secondary N) is 2. The standard InChI is InChI=1S/C14H20F2N2O2/c1-9(2)6-18-14(20)8-17-7-13(19)11-5-10(15)3-4-12(11)16/h3-5,9,13,17,19H,6-8H2,1-2H3,(H,18,20). The van der Waals surface area contributed by atoms with Gasteiger partial charge in [-0.25, -0.2) is 8.78 Å². The number of hydrogen-bond donors (Lipinski definition) is 3. The van der Waals surface area contributed by atoms with Crippen molar-refractivity contribution in [2.75, 3.05) is 19.6 Å². The summed E-state index contributed by atoms with van der Waals surface area (Å²) in [7, 11) is 0. The quantitative estimate of drug-likeness (QED) is 0.709. The predicted molar refractivity (Wildman–Crippen MR) is 72.0 cm³/mol. The van der Waals surface area contributed by atoms with Crippen molar-refractivity contribution in [2.45, 2.75) is 20.0 Å². The van der Waals surface area contributed by atoms with E-state index in [4.69, 9.17) is 0 Å². The molecule has 0 heterocycles. The van der Waals surface area contributed by atoms with Crippen LogP contribution in [0.1, 0.15) is 25.5 Å². The fourth-order valence-corrected chi connectivity index (χ4v) is 1.58. The monoisotopic (exact) mass is 286 g/mol. The Balaban J connectivity index is 2.38. The first kappa shape index (κ1) is 16.5. The van der Waals surface area contributed by atoms with E-state index in [-0.39, 0.29) is 24.6 Å². The van der Waals surface area contributed by atoms with Gasteiger partial charge in [0, 0.05) is 18.7 Å². The zero-order valence-electron chi connectivity index (χ0n) is 11.6. The molecule has 1 amide bonds. The maximum absolute atomic E-state index is 13.4. The van der Waals surface area contributed by atoms with Gasteiger partial charge in [-0.1, -0.05) is 13.8 Å². The van der Waals surface area contributed by atoms with E-state index in [0.717, 1.165) is 18.2 Å². The molecule has 0 aliphatic heterocycles. The van der Waals surface area contributed by atoms with Crippen LogP contribution in [-0.2, 0) is 4.79 Å². The second-order valence-electron chi connectivity index (χ2n) is 5.01. The molecule has 1 atom stereocenters. The Hall–Kier alpha value is -1.53. The highest BCUT2D eigenvalue weighted by molar-refractivity contribution is 5.77. The number of carbonyl (C=O) groups is 1. The lowest BCUT2D eigenvalue weighted by Crippen LogP contribution is -2.37. The summed E-state index contributed by atoms with van der Waals surface area (Å²) in [5.74, 6) is -1.14. The van der Waals surface area contributed by atoms with Crippen LogP contribution in [0.2, 0.25) is 0 Å². The first-order valence-corrected chi connectivity index (χ1v) is 6.50. The third-order valence-electron chi connectivity index (χ3n) is 2.65. The maximum atomic E-state index is 13.4. The van der Waals surface area contributed by atoms with Gasteiger partial charge in [-0.15, -0.1) is 0 Å². The van der Waals surface area contributed by atoms with Crippen LogP contribution < -0.4 is 10.6 Å². The van der Waals surface area contributed by atoms with Crippen molar-refractivity contribution < 1.29 is 18.7 Å². The molecule has 0 aliphatic rings. The number of benzene rings is 1. The molecule has 0 aliphatic carbocycles. The van der Waals surface area contributed by atoms with Crippen molar-refractivity contribution in [3.05, 3.63) is 35.4 Å². The van der Waals surface area contributed by atoms with Crippen molar-refractivity contribution in [1.29, 1.82) is 0 Å². The summed E-state index contributed by atoms with van der Waals surface area (Å²) in [6.07, 6.45) is -1.21. The van der Waals surface area contributed by atoms with Crippen LogP contribution in [0.5, 0.6) is 0 Å². The first-order chi connectivity index (χ1) is 9.40. The van der Waals surface area contributed by atoms with Gasteiger partial charge in [-0.2, -0.15) is 0 Å². The lowest BCUT2D eigenvalue weighted by molar-refractivity contribution is -0.120. The minimum atomic E-state index is -1.21. The predicted octanol–water partition coefficient (Wildman–Crippen LogP) is 1.36. The number of hydrogen-bond acceptors (Lipinski definition) is 3. The second kappa shape index (κ2) is 7.91. The van der Waals surface area contributed by atoms with Crippen LogP contribution >= 0.6 is 0 Å². The number of carbonyl (C=O) groups excluding carboxylic acids is 1. The van der Waals surface area contributed by atoms with E-state index in [1.165, 1.54) is 0 Å². The van der Waals surface area contributed by atoms with Crippen LogP contribution in [0.4, 0.5) is 8.78 Å². The highest BCUT2D eigenvalue weighted by Crippen LogP contribution is 2.17. The molecule has 1 rings (SSSR count). The van der Waals surface area contributed by atoms with Gasteiger partial charge in [-0.3, -0.25) is 4.79 Å². The van der Waals surface area contributed by atoms with Gasteiger partial charge in [0.05, 0.1) is 12.6 Å². The Labute approximate surface area is 117 Å². The van der Waals surface area contributed by atoms with Gasteiger partial charge >= 0.3 is 0 Å². The van der Waals surface area contributed by atoms with E-state index in [1.807, 2.05) is 13.8 Å². The molecule has 6 heteroatoms. The van der Waals surface area contributed by atoms with Gasteiger partial charge in [0.2, 0.25) is 5.91 Å². The molecule has 0 fully saturated rings. The summed E-state index contributed by atoms with van der Waals surface area (Å²) in [6, 6.07) is 2.89. The Morgan fingerprint density at radius 3 is 2.65 bits per heavy atom. The van der Waals surface area contributed by atoms with Crippen molar-refractivity contribution in [3.8, 4) is 0 Å². The van der Waals surface area contributed by atoms with Crippen LogP contribution in [0.15, 0.2) is 18.2 Å². The zero-order valence-corrected chi connectivity index (χ0v) is 11.6. The summed E-state index contributed by atoms with van der Waals surface area (Å²) in [6.45, 7) is 4.51. The smallest absolute Gasteiger partial charge is 0.233 e. The minimum Gasteiger partial charge on any atom is -0.387 e. The average molecular weight is 286 g/mol. The molecular weight excluding hydrogens is 266 g/mol. The number of halogens is 2. The first-order valence-electron chi connectivity index (χ1n) is 6.50. The summed E-state index contributed by atoms with van der Waals surface area (Å²) < 4.78 is 26.4. The van der Waals surface area contributed by atoms with Crippen LogP contribution in [0.3, 0.4) is 0 Å². The molecule has 3 N–H and O–H groups in total. The Kier molecular flexibility index (Phi) is 6.54. The maximum Gasteiger partial charge on any atom is 0.233 e. The fourth-order valence-electron chi connectivity index (χ4n) is 1.58. The molecule has 0 saturated carbocycles. The van der Waals surface area contributed by atoms with Gasteiger partial charge in [-0.05, 0) is 24.1 Å². The third kappa shape index (κ3) is 5.63. The highest BCUT2D eigenvalue weighted by atomic mass is 19.1. The van der Waals surface area contributed by atoms with E-state index in [9.17, 15) is 18.7 Å². The molecule has 0 bridgehead atoms. The van der Waals surface area contributed by atoms with E-state index < -0.39 is 17.7 Å². The summed E-state index contributed by atoms with van der Waals surface area (Å²) >= 11 is 0. The number of rotatable bonds is 7. The molecule has 1 aromatic carbocycles. The molecule has 20 heavy (non-hydrogen) atoms. The number of aliphatic hydroxyl groups is 1. The molecule has 1 unspecified atom stereocenters. The molecule has 0 saturated heterocycles. The molecule has 0 radical (unpaired) electrons. The molecule has 0 spiro atoms. The number of aliphatic hydroxyl groups excluding tert-OH is 1. The highest BCUT2D eigenvalue weighted by Gasteiger charge is 2.14. The normalized spacial score (nSPS) is 12.5.